The number of carbonyl (C=O) groups is 1. The van der Waals surface area contributed by atoms with E-state index in [1.165, 1.54) is 0 Å². The van der Waals surface area contributed by atoms with Crippen LogP contribution in [0.3, 0.4) is 0 Å². The summed E-state index contributed by atoms with van der Waals surface area (Å²) >= 11 is 0. The minimum absolute atomic E-state index is 0.168. The number of para-hydroxylation sites is 2. The number of benzene rings is 2. The maximum absolute atomic E-state index is 11.9. The van der Waals surface area contributed by atoms with Gasteiger partial charge in [-0.05, 0) is 31.2 Å². The molecule has 0 aromatic heterocycles. The summed E-state index contributed by atoms with van der Waals surface area (Å²) in [5, 5.41) is 0. The fourth-order valence-corrected chi connectivity index (χ4v) is 2.09. The summed E-state index contributed by atoms with van der Waals surface area (Å²) < 4.78 is 16.6. The Morgan fingerprint density at radius 1 is 1.14 bits per heavy atom. The van der Waals surface area contributed by atoms with Crippen molar-refractivity contribution in [3.8, 4) is 11.5 Å². The Morgan fingerprint density at radius 2 is 1.86 bits per heavy atom. The van der Waals surface area contributed by atoms with Crippen LogP contribution in [0, 0.1) is 6.92 Å². The molecule has 1 aliphatic heterocycles. The molecule has 2 aromatic rings. The lowest BCUT2D eigenvalue weighted by molar-refractivity contribution is 0.0110. The first-order valence-corrected chi connectivity index (χ1v) is 6.84. The zero-order valence-corrected chi connectivity index (χ0v) is 11.7. The Hall–Kier alpha value is -2.49. The van der Waals surface area contributed by atoms with Crippen molar-refractivity contribution in [2.75, 3.05) is 13.2 Å². The molecule has 0 amide bonds. The highest BCUT2D eigenvalue weighted by Crippen LogP contribution is 2.30. The molecule has 1 aliphatic rings. The van der Waals surface area contributed by atoms with Gasteiger partial charge in [-0.25, -0.2) is 4.79 Å². The van der Waals surface area contributed by atoms with Gasteiger partial charge in [0.1, 0.15) is 13.2 Å². The van der Waals surface area contributed by atoms with Crippen molar-refractivity contribution < 1.29 is 19.0 Å². The standard InChI is InChI=1S/C17H16O4/c1-12-6-8-13(9-7-12)17(18)20-11-14-10-19-15-4-2-3-5-16(15)21-14/h2-9,14H,10-11H2,1H3/t14-/m0/s1. The van der Waals surface area contributed by atoms with Crippen LogP contribution in [-0.4, -0.2) is 25.3 Å². The maximum Gasteiger partial charge on any atom is 0.338 e. The van der Waals surface area contributed by atoms with Gasteiger partial charge in [-0.2, -0.15) is 0 Å². The number of fused-ring (bicyclic) bond motifs is 1. The van der Waals surface area contributed by atoms with Gasteiger partial charge in [0.15, 0.2) is 17.6 Å². The molecular formula is C17H16O4. The van der Waals surface area contributed by atoms with Crippen LogP contribution < -0.4 is 9.47 Å². The second kappa shape index (κ2) is 5.87. The van der Waals surface area contributed by atoms with E-state index >= 15 is 0 Å². The highest BCUT2D eigenvalue weighted by molar-refractivity contribution is 5.89. The van der Waals surface area contributed by atoms with E-state index in [1.54, 1.807) is 12.1 Å². The highest BCUT2D eigenvalue weighted by atomic mass is 16.6. The molecule has 1 heterocycles. The summed E-state index contributed by atoms with van der Waals surface area (Å²) in [5.41, 5.74) is 1.64. The second-order valence-electron chi connectivity index (χ2n) is 4.96. The van der Waals surface area contributed by atoms with Crippen molar-refractivity contribution in [1.29, 1.82) is 0 Å². The van der Waals surface area contributed by atoms with E-state index in [-0.39, 0.29) is 18.7 Å². The summed E-state index contributed by atoms with van der Waals surface area (Å²) in [4.78, 5) is 11.9. The van der Waals surface area contributed by atoms with Gasteiger partial charge in [0.05, 0.1) is 5.56 Å². The van der Waals surface area contributed by atoms with Crippen LogP contribution in [0.4, 0.5) is 0 Å². The monoisotopic (exact) mass is 284 g/mol. The van der Waals surface area contributed by atoms with Crippen LogP contribution in [0.1, 0.15) is 15.9 Å². The summed E-state index contributed by atoms with van der Waals surface area (Å²) in [6.45, 7) is 2.51. The minimum atomic E-state index is -0.350. The minimum Gasteiger partial charge on any atom is -0.486 e. The van der Waals surface area contributed by atoms with Gasteiger partial charge in [-0.15, -0.1) is 0 Å². The number of rotatable bonds is 3. The lowest BCUT2D eigenvalue weighted by Gasteiger charge is -2.26. The van der Waals surface area contributed by atoms with E-state index in [1.807, 2.05) is 43.3 Å². The smallest absolute Gasteiger partial charge is 0.338 e. The van der Waals surface area contributed by atoms with E-state index in [2.05, 4.69) is 0 Å². The Bertz CT molecular complexity index is 633. The fourth-order valence-electron chi connectivity index (χ4n) is 2.09. The van der Waals surface area contributed by atoms with E-state index in [0.717, 1.165) is 11.3 Å². The average Bonchev–Trinajstić information content (AvgIpc) is 2.53. The summed E-state index contributed by atoms with van der Waals surface area (Å²) in [6, 6.07) is 14.7. The van der Waals surface area contributed by atoms with Crippen molar-refractivity contribution in [3.05, 3.63) is 59.7 Å². The molecule has 0 unspecified atom stereocenters. The number of hydrogen-bond acceptors (Lipinski definition) is 4. The molecule has 0 radical (unpaired) electrons. The Kier molecular flexibility index (Phi) is 3.77. The normalized spacial score (nSPS) is 16.3. The van der Waals surface area contributed by atoms with Crippen molar-refractivity contribution in [2.24, 2.45) is 0 Å². The quantitative estimate of drug-likeness (QED) is 0.813. The topological polar surface area (TPSA) is 44.8 Å². The largest absolute Gasteiger partial charge is 0.486 e. The van der Waals surface area contributed by atoms with Crippen molar-refractivity contribution in [1.82, 2.24) is 0 Å². The van der Waals surface area contributed by atoms with Crippen molar-refractivity contribution in [3.63, 3.8) is 0 Å². The molecule has 0 fully saturated rings. The molecule has 0 N–H and O–H groups in total. The third-order valence-electron chi connectivity index (χ3n) is 3.26. The molecular weight excluding hydrogens is 268 g/mol. The molecule has 1 atom stereocenters. The third-order valence-corrected chi connectivity index (χ3v) is 3.26. The Labute approximate surface area is 123 Å². The van der Waals surface area contributed by atoms with E-state index in [0.29, 0.717) is 17.9 Å². The fraction of sp³-hybridized carbons (Fsp3) is 0.235. The number of aryl methyl sites for hydroxylation is 1. The van der Waals surface area contributed by atoms with Gasteiger partial charge >= 0.3 is 5.97 Å². The third kappa shape index (κ3) is 3.16. The van der Waals surface area contributed by atoms with Crippen molar-refractivity contribution in [2.45, 2.75) is 13.0 Å². The molecule has 0 aliphatic carbocycles. The van der Waals surface area contributed by atoms with Crippen molar-refractivity contribution >= 4 is 5.97 Å². The van der Waals surface area contributed by atoms with Crippen LogP contribution in [0.5, 0.6) is 11.5 Å². The second-order valence-corrected chi connectivity index (χ2v) is 4.96. The first kappa shape index (κ1) is 13.5. The van der Waals surface area contributed by atoms with Crippen LogP contribution >= 0.6 is 0 Å². The predicted octanol–water partition coefficient (Wildman–Crippen LogP) is 2.99. The molecule has 4 nitrogen and oxygen atoms in total. The first-order valence-electron chi connectivity index (χ1n) is 6.84. The Morgan fingerprint density at radius 3 is 2.62 bits per heavy atom. The molecule has 0 saturated carbocycles. The highest BCUT2D eigenvalue weighted by Gasteiger charge is 2.22. The van der Waals surface area contributed by atoms with Gasteiger partial charge < -0.3 is 14.2 Å². The van der Waals surface area contributed by atoms with Gasteiger partial charge in [0.2, 0.25) is 0 Å². The Balaban J connectivity index is 1.56. The number of ether oxygens (including phenoxy) is 3. The lowest BCUT2D eigenvalue weighted by atomic mass is 10.1. The number of carbonyl (C=O) groups excluding carboxylic acids is 1. The zero-order valence-electron chi connectivity index (χ0n) is 11.7. The molecule has 4 heteroatoms. The van der Waals surface area contributed by atoms with Gasteiger partial charge in [-0.3, -0.25) is 0 Å². The average molecular weight is 284 g/mol. The summed E-state index contributed by atoms with van der Waals surface area (Å²) in [7, 11) is 0. The lowest BCUT2D eigenvalue weighted by Crippen LogP contribution is -2.34. The molecule has 3 rings (SSSR count). The van der Waals surface area contributed by atoms with Crippen LogP contribution in [0.2, 0.25) is 0 Å². The molecule has 0 saturated heterocycles. The maximum atomic E-state index is 11.9. The number of esters is 1. The zero-order chi connectivity index (χ0) is 14.7. The molecule has 2 aromatic carbocycles. The summed E-state index contributed by atoms with van der Waals surface area (Å²) in [6.07, 6.45) is -0.283. The first-order chi connectivity index (χ1) is 10.2. The van der Waals surface area contributed by atoms with E-state index < -0.39 is 0 Å². The van der Waals surface area contributed by atoms with Gasteiger partial charge in [0, 0.05) is 0 Å². The van der Waals surface area contributed by atoms with Gasteiger partial charge in [0.25, 0.3) is 0 Å². The van der Waals surface area contributed by atoms with Gasteiger partial charge in [-0.1, -0.05) is 29.8 Å². The van der Waals surface area contributed by atoms with Crippen LogP contribution in [0.25, 0.3) is 0 Å². The predicted molar refractivity (Wildman–Crippen MR) is 77.8 cm³/mol. The van der Waals surface area contributed by atoms with Crippen LogP contribution in [0.15, 0.2) is 48.5 Å². The molecule has 21 heavy (non-hydrogen) atoms. The molecule has 108 valence electrons. The molecule has 0 bridgehead atoms. The number of hydrogen-bond donors (Lipinski definition) is 0. The SMILES string of the molecule is Cc1ccc(C(=O)OC[C@@H]2COc3ccccc3O2)cc1. The van der Waals surface area contributed by atoms with E-state index in [4.69, 9.17) is 14.2 Å². The summed E-state index contributed by atoms with van der Waals surface area (Å²) in [5.74, 6) is 1.05. The van der Waals surface area contributed by atoms with E-state index in [9.17, 15) is 4.79 Å². The van der Waals surface area contributed by atoms with Crippen LogP contribution in [-0.2, 0) is 4.74 Å². The molecule has 0 spiro atoms.